The van der Waals surface area contributed by atoms with Gasteiger partial charge in [0.1, 0.15) is 28.6 Å². The van der Waals surface area contributed by atoms with Gasteiger partial charge in [-0.05, 0) is 72.5 Å². The van der Waals surface area contributed by atoms with Crippen molar-refractivity contribution < 1.29 is 27.9 Å². The zero-order chi connectivity index (χ0) is 32.1. The van der Waals surface area contributed by atoms with E-state index in [-0.39, 0.29) is 22.6 Å². The number of carbonyl (C=O) groups excluding carboxylic acids is 2. The van der Waals surface area contributed by atoms with E-state index in [0.29, 0.717) is 57.7 Å². The molecule has 0 unspecified atom stereocenters. The smallest absolute Gasteiger partial charge is 0.333 e. The molecule has 1 aliphatic rings. The van der Waals surface area contributed by atoms with Gasteiger partial charge in [-0.3, -0.25) is 14.2 Å². The van der Waals surface area contributed by atoms with Gasteiger partial charge in [-0.2, -0.15) is 13.9 Å². The number of aromatic nitrogens is 6. The number of benzene rings is 2. The Hall–Kier alpha value is -6.05. The molecule has 14 heteroatoms. The minimum Gasteiger partial charge on any atom is -0.507 e. The molecule has 7 rings (SSSR count). The second-order valence-corrected chi connectivity index (χ2v) is 10.7. The second kappa shape index (κ2) is 11.1. The van der Waals surface area contributed by atoms with Crippen molar-refractivity contribution in [3.8, 4) is 34.2 Å². The monoisotopic (exact) mass is 624 g/mol. The number of nitrogen functional groups attached to an aromatic ring is 1. The summed E-state index contributed by atoms with van der Waals surface area (Å²) in [6.07, 6.45) is 4.21. The second-order valence-electron chi connectivity index (χ2n) is 10.7. The van der Waals surface area contributed by atoms with Gasteiger partial charge < -0.3 is 16.2 Å². The third-order valence-corrected chi connectivity index (χ3v) is 7.91. The molecule has 0 aliphatic heterocycles. The molecule has 0 bridgehead atoms. The summed E-state index contributed by atoms with van der Waals surface area (Å²) < 4.78 is 43.3. The van der Waals surface area contributed by atoms with Crippen LogP contribution in [-0.2, 0) is 6.42 Å². The van der Waals surface area contributed by atoms with Crippen LogP contribution < -0.4 is 11.1 Å². The molecule has 11 nitrogen and oxygen atoms in total. The normalized spacial score (nSPS) is 14.1. The maximum atomic E-state index is 14.5. The number of anilines is 1. The first-order valence-electron chi connectivity index (χ1n) is 14.1. The highest BCUT2D eigenvalue weighted by atomic mass is 19.3. The zero-order valence-corrected chi connectivity index (χ0v) is 23.7. The molecule has 6 aromatic rings. The Bertz CT molecular complexity index is 2180. The van der Waals surface area contributed by atoms with E-state index in [2.05, 4.69) is 15.4 Å². The summed E-state index contributed by atoms with van der Waals surface area (Å²) in [5.74, 6) is -1.51. The molecule has 4 N–H and O–H groups in total. The van der Waals surface area contributed by atoms with Gasteiger partial charge in [-0.25, -0.2) is 24.0 Å². The number of hydrogen-bond donors (Lipinski definition) is 3. The minimum absolute atomic E-state index is 0.195. The standard InChI is InChI=1S/C32H23F3N8O3/c33-22-14-27(45)17(15-44)13-21(22)31(46)40-23-6-3-16-12-18(4-5-19(16)23)43-29(20-2-1-10-37-28(20)36)39-26-8-7-24(38-30(26)43)25-9-11-42(41-25)32(34)35/h1-2,4-5,7-15,23,32,45H,3,6H2,(H2,36,37)(H,40,46)/t23-/m0/s1. The summed E-state index contributed by atoms with van der Waals surface area (Å²) in [5.41, 5.74) is 10.2. The van der Waals surface area contributed by atoms with E-state index in [9.17, 15) is 27.9 Å². The van der Waals surface area contributed by atoms with Crippen molar-refractivity contribution in [2.45, 2.75) is 25.4 Å². The van der Waals surface area contributed by atoms with E-state index in [4.69, 9.17) is 15.7 Å². The quantitative estimate of drug-likeness (QED) is 0.200. The van der Waals surface area contributed by atoms with Gasteiger partial charge >= 0.3 is 6.55 Å². The number of aromatic hydroxyl groups is 1. The molecule has 0 saturated heterocycles. The van der Waals surface area contributed by atoms with Crippen LogP contribution in [-0.4, -0.2) is 46.6 Å². The number of aldehydes is 1. The highest BCUT2D eigenvalue weighted by Crippen LogP contribution is 2.36. The van der Waals surface area contributed by atoms with Gasteiger partial charge in [0, 0.05) is 24.1 Å². The van der Waals surface area contributed by atoms with Crippen LogP contribution in [0, 0.1) is 5.82 Å². The third-order valence-electron chi connectivity index (χ3n) is 7.91. The van der Waals surface area contributed by atoms with Crippen LogP contribution in [0.5, 0.6) is 5.75 Å². The molecule has 1 amide bonds. The fourth-order valence-electron chi connectivity index (χ4n) is 5.69. The highest BCUT2D eigenvalue weighted by molar-refractivity contribution is 5.97. The summed E-state index contributed by atoms with van der Waals surface area (Å²) in [5, 5.41) is 16.5. The largest absolute Gasteiger partial charge is 0.507 e. The molecule has 2 aromatic carbocycles. The fourth-order valence-corrected chi connectivity index (χ4v) is 5.69. The predicted octanol–water partition coefficient (Wildman–Crippen LogP) is 5.40. The van der Waals surface area contributed by atoms with Crippen LogP contribution >= 0.6 is 0 Å². The molecular formula is C32H23F3N8O3. The predicted molar refractivity (Wildman–Crippen MR) is 161 cm³/mol. The van der Waals surface area contributed by atoms with Crippen molar-refractivity contribution in [3.63, 3.8) is 0 Å². The number of alkyl halides is 2. The van der Waals surface area contributed by atoms with Crippen LogP contribution in [0.4, 0.5) is 19.0 Å². The number of phenolic OH excluding ortho intramolecular Hbond substituents is 1. The van der Waals surface area contributed by atoms with Gasteiger partial charge in [-0.15, -0.1) is 0 Å². The van der Waals surface area contributed by atoms with Crippen LogP contribution in [0.1, 0.15) is 50.9 Å². The number of nitrogens with two attached hydrogens (primary N) is 1. The minimum atomic E-state index is -2.79. The molecule has 0 fully saturated rings. The van der Waals surface area contributed by atoms with Crippen LogP contribution in [0.15, 0.2) is 73.1 Å². The maximum Gasteiger partial charge on any atom is 0.333 e. The molecule has 46 heavy (non-hydrogen) atoms. The van der Waals surface area contributed by atoms with E-state index in [1.54, 1.807) is 35.0 Å². The molecule has 0 saturated carbocycles. The average molecular weight is 625 g/mol. The number of phenols is 1. The van der Waals surface area contributed by atoms with E-state index >= 15 is 0 Å². The van der Waals surface area contributed by atoms with Crippen LogP contribution in [0.3, 0.4) is 0 Å². The maximum absolute atomic E-state index is 14.5. The van der Waals surface area contributed by atoms with Crippen molar-refractivity contribution in [2.75, 3.05) is 5.73 Å². The lowest BCUT2D eigenvalue weighted by atomic mass is 10.1. The molecule has 1 atom stereocenters. The topological polar surface area (TPSA) is 154 Å². The molecule has 4 heterocycles. The zero-order valence-electron chi connectivity index (χ0n) is 23.7. The number of halogens is 3. The Labute approximate surface area is 258 Å². The molecule has 230 valence electrons. The Morgan fingerprint density at radius 1 is 1.09 bits per heavy atom. The third kappa shape index (κ3) is 4.89. The van der Waals surface area contributed by atoms with Crippen LogP contribution in [0.2, 0.25) is 0 Å². The summed E-state index contributed by atoms with van der Waals surface area (Å²) in [7, 11) is 0. The van der Waals surface area contributed by atoms with E-state index in [0.717, 1.165) is 23.3 Å². The van der Waals surface area contributed by atoms with Crippen molar-refractivity contribution >= 4 is 29.2 Å². The molecule has 0 spiro atoms. The Morgan fingerprint density at radius 3 is 2.70 bits per heavy atom. The average Bonchev–Trinajstić information content (AvgIpc) is 3.78. The van der Waals surface area contributed by atoms with Gasteiger partial charge in [0.25, 0.3) is 5.91 Å². The first-order valence-corrected chi connectivity index (χ1v) is 14.1. The number of imidazole rings is 1. The number of carbonyl (C=O) groups is 2. The molecular weight excluding hydrogens is 601 g/mol. The number of fused-ring (bicyclic) bond motifs is 2. The molecule has 0 radical (unpaired) electrons. The van der Waals surface area contributed by atoms with Gasteiger partial charge in [0.2, 0.25) is 0 Å². The number of pyridine rings is 2. The van der Waals surface area contributed by atoms with Crippen molar-refractivity contribution in [1.82, 2.24) is 34.6 Å². The van der Waals surface area contributed by atoms with Crippen molar-refractivity contribution in [3.05, 3.63) is 101 Å². The Kier molecular flexibility index (Phi) is 6.95. The number of hydrogen-bond acceptors (Lipinski definition) is 8. The number of nitrogens with zero attached hydrogens (tertiary/aromatic N) is 6. The number of amides is 1. The SMILES string of the molecule is Nc1ncccc1-c1nc2ccc(-c3ccn(C(F)F)n3)nc2n1-c1ccc2c(c1)CC[C@@H]2NC(=O)c1cc(C=O)c(O)cc1F. The van der Waals surface area contributed by atoms with Crippen molar-refractivity contribution in [1.29, 1.82) is 0 Å². The van der Waals surface area contributed by atoms with E-state index < -0.39 is 30.1 Å². The summed E-state index contributed by atoms with van der Waals surface area (Å²) in [4.78, 5) is 38.0. The Morgan fingerprint density at radius 2 is 1.93 bits per heavy atom. The van der Waals surface area contributed by atoms with Crippen molar-refractivity contribution in [2.24, 2.45) is 0 Å². The number of rotatable bonds is 7. The lowest BCUT2D eigenvalue weighted by molar-refractivity contribution is 0.0568. The number of nitrogens with one attached hydrogen (secondary N) is 1. The molecule has 1 aliphatic carbocycles. The van der Waals surface area contributed by atoms with Crippen LogP contribution in [0.25, 0.3) is 39.6 Å². The number of aryl methyl sites for hydroxylation is 1. The fraction of sp³-hybridized carbons (Fsp3) is 0.125. The lowest BCUT2D eigenvalue weighted by Gasteiger charge is -2.16. The lowest BCUT2D eigenvalue weighted by Crippen LogP contribution is -2.28. The molecule has 4 aromatic heterocycles. The van der Waals surface area contributed by atoms with Gasteiger partial charge in [0.15, 0.2) is 17.8 Å². The Balaban J connectivity index is 1.29. The van der Waals surface area contributed by atoms with Gasteiger partial charge in [-0.1, -0.05) is 6.07 Å². The summed E-state index contributed by atoms with van der Waals surface area (Å²) >= 11 is 0. The van der Waals surface area contributed by atoms with Gasteiger partial charge in [0.05, 0.1) is 28.4 Å². The first kappa shape index (κ1) is 28.7. The van der Waals surface area contributed by atoms with E-state index in [1.165, 1.54) is 12.3 Å². The summed E-state index contributed by atoms with van der Waals surface area (Å²) in [6.45, 7) is -2.79. The first-order chi connectivity index (χ1) is 22.2. The summed E-state index contributed by atoms with van der Waals surface area (Å²) in [6, 6.07) is 15.3. The highest BCUT2D eigenvalue weighted by Gasteiger charge is 2.28. The van der Waals surface area contributed by atoms with E-state index in [1.807, 2.05) is 18.2 Å².